The Morgan fingerprint density at radius 1 is 0.947 bits per heavy atom. The third-order valence-corrected chi connectivity index (χ3v) is 5.24. The summed E-state index contributed by atoms with van der Waals surface area (Å²) in [5.41, 5.74) is -0.707. The van der Waals surface area contributed by atoms with E-state index in [1.807, 2.05) is 13.8 Å². The molecular weight excluding hydrogens is 285 g/mol. The number of carbonyl (C=O) groups excluding carboxylic acids is 2. The van der Waals surface area contributed by atoms with Crippen LogP contribution in [-0.2, 0) is 9.59 Å². The van der Waals surface area contributed by atoms with Crippen LogP contribution in [-0.4, -0.2) is 11.8 Å². The number of anilines is 1. The molecule has 1 aliphatic heterocycles. The van der Waals surface area contributed by atoms with Gasteiger partial charge in [-0.05, 0) is 44.9 Å². The molecule has 0 radical (unpaired) electrons. The Labute approximate surface area is 121 Å². The van der Waals surface area contributed by atoms with Gasteiger partial charge in [-0.3, -0.25) is 9.59 Å². The number of carbonyl (C=O) groups is 2. The summed E-state index contributed by atoms with van der Waals surface area (Å²) in [7, 11) is 0. The first kappa shape index (κ1) is 12.9. The van der Waals surface area contributed by atoms with E-state index in [4.69, 9.17) is 23.2 Å². The van der Waals surface area contributed by atoms with Gasteiger partial charge >= 0.3 is 0 Å². The number of fused-ring (bicyclic) bond motifs is 1. The predicted molar refractivity (Wildman–Crippen MR) is 74.4 cm³/mol. The second-order valence-corrected chi connectivity index (χ2v) is 6.61. The zero-order chi connectivity index (χ0) is 14.0. The quantitative estimate of drug-likeness (QED) is 0.742. The van der Waals surface area contributed by atoms with Crippen LogP contribution in [0.5, 0.6) is 0 Å². The fourth-order valence-electron chi connectivity index (χ4n) is 3.05. The van der Waals surface area contributed by atoms with E-state index in [2.05, 4.69) is 0 Å². The number of imide groups is 1. The summed E-state index contributed by atoms with van der Waals surface area (Å²) in [6.45, 7) is 3.73. The second-order valence-electron chi connectivity index (χ2n) is 5.74. The maximum Gasteiger partial charge on any atom is 0.240 e. The van der Waals surface area contributed by atoms with Crippen LogP contribution >= 0.6 is 23.2 Å². The van der Waals surface area contributed by atoms with Crippen molar-refractivity contribution in [2.24, 2.45) is 10.8 Å². The van der Waals surface area contributed by atoms with Gasteiger partial charge in [0, 0.05) is 10.0 Å². The van der Waals surface area contributed by atoms with Crippen molar-refractivity contribution in [3.63, 3.8) is 0 Å². The van der Waals surface area contributed by atoms with E-state index in [-0.39, 0.29) is 11.8 Å². The first-order valence-electron chi connectivity index (χ1n) is 6.15. The van der Waals surface area contributed by atoms with Crippen molar-refractivity contribution in [2.45, 2.75) is 26.7 Å². The second kappa shape index (κ2) is 3.74. The Morgan fingerprint density at radius 2 is 1.37 bits per heavy atom. The van der Waals surface area contributed by atoms with Gasteiger partial charge in [0.25, 0.3) is 0 Å². The lowest BCUT2D eigenvalue weighted by molar-refractivity contribution is -0.145. The van der Waals surface area contributed by atoms with Gasteiger partial charge in [0.1, 0.15) is 0 Å². The molecule has 1 aromatic rings. The Morgan fingerprint density at radius 3 is 1.74 bits per heavy atom. The molecule has 3 nitrogen and oxygen atoms in total. The van der Waals surface area contributed by atoms with Crippen molar-refractivity contribution in [1.29, 1.82) is 0 Å². The maximum absolute atomic E-state index is 12.5. The molecule has 5 heteroatoms. The highest BCUT2D eigenvalue weighted by atomic mass is 35.5. The first-order chi connectivity index (χ1) is 8.79. The highest BCUT2D eigenvalue weighted by molar-refractivity contribution is 6.36. The van der Waals surface area contributed by atoms with Crippen molar-refractivity contribution in [1.82, 2.24) is 0 Å². The monoisotopic (exact) mass is 297 g/mol. The number of hydrogen-bond acceptors (Lipinski definition) is 2. The third-order valence-electron chi connectivity index (χ3n) is 4.80. The molecule has 2 amide bonds. The van der Waals surface area contributed by atoms with Crippen molar-refractivity contribution >= 4 is 40.7 Å². The van der Waals surface area contributed by atoms with Crippen molar-refractivity contribution < 1.29 is 9.59 Å². The largest absolute Gasteiger partial charge is 0.273 e. The standard InChI is InChI=1S/C14H13Cl2NO2/c1-13-3-4-14(13,2)12(19)17(11(13)18)10-6-8(15)5-9(16)7-10/h5-7H,3-4H2,1-2H3/t13-,14+. The summed E-state index contributed by atoms with van der Waals surface area (Å²) in [6, 6.07) is 4.77. The number of benzene rings is 1. The average Bonchev–Trinajstić information content (AvgIpc) is 2.41. The van der Waals surface area contributed by atoms with Crippen molar-refractivity contribution in [2.75, 3.05) is 4.90 Å². The van der Waals surface area contributed by atoms with Gasteiger partial charge in [-0.25, -0.2) is 4.90 Å². The van der Waals surface area contributed by atoms with E-state index in [1.54, 1.807) is 18.2 Å². The summed E-state index contributed by atoms with van der Waals surface area (Å²) >= 11 is 11.9. The van der Waals surface area contributed by atoms with Crippen LogP contribution in [0.4, 0.5) is 5.69 Å². The van der Waals surface area contributed by atoms with E-state index in [9.17, 15) is 9.59 Å². The van der Waals surface area contributed by atoms with E-state index in [0.29, 0.717) is 15.7 Å². The molecule has 0 spiro atoms. The molecule has 0 aromatic heterocycles. The molecule has 1 saturated heterocycles. The Balaban J connectivity index is 2.11. The molecule has 19 heavy (non-hydrogen) atoms. The van der Waals surface area contributed by atoms with Gasteiger partial charge in [0.05, 0.1) is 16.5 Å². The third kappa shape index (κ3) is 1.46. The van der Waals surface area contributed by atoms with Crippen molar-refractivity contribution in [3.05, 3.63) is 28.2 Å². The molecular formula is C14H13Cl2NO2. The van der Waals surface area contributed by atoms with Crippen LogP contribution in [0, 0.1) is 10.8 Å². The van der Waals surface area contributed by atoms with Crippen LogP contribution in [0.1, 0.15) is 26.7 Å². The van der Waals surface area contributed by atoms with E-state index in [0.717, 1.165) is 12.8 Å². The Kier molecular flexibility index (Phi) is 2.55. The van der Waals surface area contributed by atoms with Crippen LogP contribution < -0.4 is 4.90 Å². The summed E-state index contributed by atoms with van der Waals surface area (Å²) < 4.78 is 0. The molecule has 2 aliphatic rings. The molecule has 1 saturated carbocycles. The zero-order valence-corrected chi connectivity index (χ0v) is 12.2. The normalized spacial score (nSPS) is 33.4. The maximum atomic E-state index is 12.5. The van der Waals surface area contributed by atoms with Gasteiger partial charge in [0.15, 0.2) is 0 Å². The zero-order valence-electron chi connectivity index (χ0n) is 10.7. The molecule has 0 bridgehead atoms. The fraction of sp³-hybridized carbons (Fsp3) is 0.429. The van der Waals surface area contributed by atoms with Crippen LogP contribution in [0.15, 0.2) is 18.2 Å². The van der Waals surface area contributed by atoms with Crippen LogP contribution in [0.3, 0.4) is 0 Å². The molecule has 2 fully saturated rings. The summed E-state index contributed by atoms with van der Waals surface area (Å²) in [5, 5.41) is 0.829. The van der Waals surface area contributed by atoms with Gasteiger partial charge in [-0.1, -0.05) is 23.2 Å². The SMILES string of the molecule is C[C@@]12CC[C@]1(C)C(=O)N(c1cc(Cl)cc(Cl)c1)C2=O. The smallest absolute Gasteiger partial charge is 0.240 e. The fourth-order valence-corrected chi connectivity index (χ4v) is 3.56. The molecule has 1 aliphatic carbocycles. The van der Waals surface area contributed by atoms with Gasteiger partial charge in [-0.2, -0.15) is 0 Å². The molecule has 1 heterocycles. The van der Waals surface area contributed by atoms with Crippen LogP contribution in [0.25, 0.3) is 0 Å². The number of amides is 2. The predicted octanol–water partition coefficient (Wildman–Crippen LogP) is 3.67. The van der Waals surface area contributed by atoms with E-state index >= 15 is 0 Å². The molecule has 0 unspecified atom stereocenters. The van der Waals surface area contributed by atoms with Gasteiger partial charge in [-0.15, -0.1) is 0 Å². The topological polar surface area (TPSA) is 37.4 Å². The highest BCUT2D eigenvalue weighted by Crippen LogP contribution is 2.62. The minimum Gasteiger partial charge on any atom is -0.273 e. The minimum absolute atomic E-state index is 0.149. The number of rotatable bonds is 1. The van der Waals surface area contributed by atoms with Crippen LogP contribution in [0.2, 0.25) is 10.0 Å². The highest BCUT2D eigenvalue weighted by Gasteiger charge is 2.70. The van der Waals surface area contributed by atoms with Crippen molar-refractivity contribution in [3.8, 4) is 0 Å². The molecule has 2 atom stereocenters. The summed E-state index contributed by atoms with van der Waals surface area (Å²) in [6.07, 6.45) is 1.50. The van der Waals surface area contributed by atoms with Gasteiger partial charge < -0.3 is 0 Å². The summed E-state index contributed by atoms with van der Waals surface area (Å²) in [4.78, 5) is 26.3. The lowest BCUT2D eigenvalue weighted by Gasteiger charge is -2.46. The van der Waals surface area contributed by atoms with E-state index in [1.165, 1.54) is 4.90 Å². The number of hydrogen-bond donors (Lipinski definition) is 0. The lowest BCUT2D eigenvalue weighted by atomic mass is 9.52. The number of halogens is 2. The Hall–Kier alpha value is -1.06. The molecule has 1 aromatic carbocycles. The first-order valence-corrected chi connectivity index (χ1v) is 6.90. The van der Waals surface area contributed by atoms with Gasteiger partial charge in [0.2, 0.25) is 11.8 Å². The Bertz CT molecular complexity index is 567. The minimum atomic E-state index is -0.584. The average molecular weight is 298 g/mol. The molecule has 100 valence electrons. The number of nitrogens with zero attached hydrogens (tertiary/aromatic N) is 1. The molecule has 0 N–H and O–H groups in total. The van der Waals surface area contributed by atoms with E-state index < -0.39 is 10.8 Å². The summed E-state index contributed by atoms with van der Waals surface area (Å²) in [5.74, 6) is -0.297. The molecule has 3 rings (SSSR count). The lowest BCUT2D eigenvalue weighted by Crippen LogP contribution is -2.49.